The SMILES string of the molecule is C[C@]12CC(O)C(O)(O)CC1=CC[C@@H]1[C@@H]2CC[C@]2(C)C(=O)CC[C@@H]12. The van der Waals surface area contributed by atoms with Crippen molar-refractivity contribution >= 4 is 5.78 Å². The minimum atomic E-state index is -2.00. The van der Waals surface area contributed by atoms with E-state index >= 15 is 0 Å². The molecule has 4 rings (SSSR count). The van der Waals surface area contributed by atoms with Gasteiger partial charge < -0.3 is 15.3 Å². The summed E-state index contributed by atoms with van der Waals surface area (Å²) in [4.78, 5) is 12.4. The number of Topliss-reactive ketones (excluding diaryl/α,β-unsaturated/α-hetero) is 1. The molecule has 0 aromatic heterocycles. The molecule has 0 amide bonds. The Morgan fingerprint density at radius 1 is 1.13 bits per heavy atom. The molecule has 6 atom stereocenters. The molecule has 0 aromatic carbocycles. The van der Waals surface area contributed by atoms with Crippen LogP contribution in [0.3, 0.4) is 0 Å². The molecule has 0 bridgehead atoms. The highest BCUT2D eigenvalue weighted by atomic mass is 16.5. The van der Waals surface area contributed by atoms with E-state index in [4.69, 9.17) is 0 Å². The van der Waals surface area contributed by atoms with Crippen molar-refractivity contribution in [1.29, 1.82) is 0 Å². The fourth-order valence-electron chi connectivity index (χ4n) is 6.45. The average Bonchev–Trinajstić information content (AvgIpc) is 2.77. The van der Waals surface area contributed by atoms with Crippen molar-refractivity contribution in [3.05, 3.63) is 11.6 Å². The second-order valence-corrected chi connectivity index (χ2v) is 8.95. The van der Waals surface area contributed by atoms with Gasteiger partial charge in [0, 0.05) is 18.3 Å². The lowest BCUT2D eigenvalue weighted by molar-refractivity contribution is -0.248. The summed E-state index contributed by atoms with van der Waals surface area (Å²) in [6.07, 6.45) is 6.26. The lowest BCUT2D eigenvalue weighted by Crippen LogP contribution is -2.57. The normalized spacial score (nSPS) is 51.5. The molecule has 0 aromatic rings. The Balaban J connectivity index is 1.70. The number of allylic oxidation sites excluding steroid dienone is 1. The van der Waals surface area contributed by atoms with Gasteiger partial charge in [-0.2, -0.15) is 0 Å². The molecule has 0 spiro atoms. The largest absolute Gasteiger partial charge is 0.387 e. The summed E-state index contributed by atoms with van der Waals surface area (Å²) in [5, 5.41) is 30.3. The highest BCUT2D eigenvalue weighted by molar-refractivity contribution is 5.87. The number of carbonyl (C=O) groups excluding carboxylic acids is 1. The Morgan fingerprint density at radius 3 is 2.57 bits per heavy atom. The van der Waals surface area contributed by atoms with Gasteiger partial charge >= 0.3 is 0 Å². The molecule has 1 unspecified atom stereocenters. The van der Waals surface area contributed by atoms with Crippen LogP contribution in [0.4, 0.5) is 0 Å². The van der Waals surface area contributed by atoms with E-state index in [2.05, 4.69) is 19.9 Å². The second kappa shape index (κ2) is 4.68. The maximum atomic E-state index is 12.4. The number of hydrogen-bond donors (Lipinski definition) is 3. The Morgan fingerprint density at radius 2 is 1.83 bits per heavy atom. The molecule has 3 saturated carbocycles. The number of hydrogen-bond acceptors (Lipinski definition) is 4. The van der Waals surface area contributed by atoms with E-state index in [0.29, 0.717) is 30.0 Å². The summed E-state index contributed by atoms with van der Waals surface area (Å²) in [5.41, 5.74) is 0.792. The number of aliphatic hydroxyl groups is 3. The van der Waals surface area contributed by atoms with Crippen molar-refractivity contribution in [3.63, 3.8) is 0 Å². The van der Waals surface area contributed by atoms with E-state index in [1.165, 1.54) is 0 Å². The van der Waals surface area contributed by atoms with Gasteiger partial charge in [0.1, 0.15) is 11.9 Å². The molecule has 4 nitrogen and oxygen atoms in total. The fourth-order valence-corrected chi connectivity index (χ4v) is 6.45. The third kappa shape index (κ3) is 1.98. The summed E-state index contributed by atoms with van der Waals surface area (Å²) in [5.74, 6) is -0.168. The van der Waals surface area contributed by atoms with Crippen molar-refractivity contribution in [2.24, 2.45) is 28.6 Å². The van der Waals surface area contributed by atoms with Gasteiger partial charge in [-0.1, -0.05) is 25.5 Å². The maximum Gasteiger partial charge on any atom is 0.193 e. The van der Waals surface area contributed by atoms with Gasteiger partial charge in [0.15, 0.2) is 5.79 Å². The molecular formula is C19H28O4. The third-order valence-corrected chi connectivity index (χ3v) is 7.94. The number of aliphatic hydroxyl groups excluding tert-OH is 1. The lowest BCUT2D eigenvalue weighted by atomic mass is 9.47. The third-order valence-electron chi connectivity index (χ3n) is 7.94. The van der Waals surface area contributed by atoms with Gasteiger partial charge in [-0.25, -0.2) is 0 Å². The first kappa shape index (κ1) is 15.8. The molecule has 0 heterocycles. The van der Waals surface area contributed by atoms with E-state index in [1.54, 1.807) is 0 Å². The first-order valence-electron chi connectivity index (χ1n) is 9.04. The van der Waals surface area contributed by atoms with Crippen molar-refractivity contribution in [3.8, 4) is 0 Å². The molecule has 4 heteroatoms. The van der Waals surface area contributed by atoms with E-state index in [0.717, 1.165) is 37.7 Å². The minimum Gasteiger partial charge on any atom is -0.387 e. The quantitative estimate of drug-likeness (QED) is 0.472. The lowest BCUT2D eigenvalue weighted by Gasteiger charge is -2.58. The summed E-state index contributed by atoms with van der Waals surface area (Å²) >= 11 is 0. The van der Waals surface area contributed by atoms with Gasteiger partial charge in [0.2, 0.25) is 0 Å². The van der Waals surface area contributed by atoms with Gasteiger partial charge in [-0.15, -0.1) is 0 Å². The van der Waals surface area contributed by atoms with Crippen molar-refractivity contribution in [2.45, 2.75) is 70.7 Å². The summed E-state index contributed by atoms with van der Waals surface area (Å²) in [6, 6.07) is 0. The average molecular weight is 320 g/mol. The Bertz CT molecular complexity index is 580. The monoisotopic (exact) mass is 320 g/mol. The number of fused-ring (bicyclic) bond motifs is 5. The second-order valence-electron chi connectivity index (χ2n) is 8.95. The van der Waals surface area contributed by atoms with Crippen LogP contribution in [0.25, 0.3) is 0 Å². The molecule has 4 aliphatic rings. The molecule has 23 heavy (non-hydrogen) atoms. The van der Waals surface area contributed by atoms with Crippen LogP contribution in [0, 0.1) is 28.6 Å². The Labute approximate surface area is 137 Å². The van der Waals surface area contributed by atoms with Crippen LogP contribution in [0.2, 0.25) is 0 Å². The van der Waals surface area contributed by atoms with Crippen LogP contribution in [0.15, 0.2) is 11.6 Å². The van der Waals surface area contributed by atoms with Crippen LogP contribution in [-0.4, -0.2) is 33.0 Å². The van der Waals surface area contributed by atoms with Gasteiger partial charge in [0.05, 0.1) is 0 Å². The number of carbonyl (C=O) groups is 1. The standard InChI is InChI=1S/C19H28O4/c1-17-8-7-14-12(13(17)5-6-15(17)20)4-3-11-9-19(22,23)16(21)10-18(11,14)2/h3,12-14,16,21-23H,4-10H2,1-2H3/t12-,13-,14-,16?,17-,18-/m0/s1. The van der Waals surface area contributed by atoms with Crippen LogP contribution in [0.5, 0.6) is 0 Å². The summed E-state index contributed by atoms with van der Waals surface area (Å²) in [6.45, 7) is 4.35. The molecule has 0 saturated heterocycles. The molecule has 3 fully saturated rings. The molecular weight excluding hydrogens is 292 g/mol. The predicted octanol–water partition coefficient (Wildman–Crippen LogP) is 2.17. The first-order valence-corrected chi connectivity index (χ1v) is 9.04. The van der Waals surface area contributed by atoms with E-state index in [1.807, 2.05) is 0 Å². The van der Waals surface area contributed by atoms with Crippen LogP contribution >= 0.6 is 0 Å². The summed E-state index contributed by atoms with van der Waals surface area (Å²) in [7, 11) is 0. The van der Waals surface area contributed by atoms with Crippen LogP contribution in [0.1, 0.15) is 58.8 Å². The maximum absolute atomic E-state index is 12.4. The van der Waals surface area contributed by atoms with Gasteiger partial charge in [0.25, 0.3) is 0 Å². The minimum absolute atomic E-state index is 0.145. The predicted molar refractivity (Wildman–Crippen MR) is 85.3 cm³/mol. The Kier molecular flexibility index (Phi) is 3.21. The zero-order valence-electron chi connectivity index (χ0n) is 14.1. The van der Waals surface area contributed by atoms with Crippen LogP contribution in [-0.2, 0) is 4.79 Å². The van der Waals surface area contributed by atoms with Crippen molar-refractivity contribution < 1.29 is 20.1 Å². The van der Waals surface area contributed by atoms with Crippen LogP contribution < -0.4 is 0 Å². The highest BCUT2D eigenvalue weighted by Gasteiger charge is 2.60. The fraction of sp³-hybridized carbons (Fsp3) is 0.842. The smallest absolute Gasteiger partial charge is 0.193 e. The Hall–Kier alpha value is -0.710. The molecule has 4 aliphatic carbocycles. The molecule has 0 radical (unpaired) electrons. The number of rotatable bonds is 0. The van der Waals surface area contributed by atoms with Crippen molar-refractivity contribution in [2.75, 3.05) is 0 Å². The van der Waals surface area contributed by atoms with E-state index in [-0.39, 0.29) is 17.3 Å². The van der Waals surface area contributed by atoms with Gasteiger partial charge in [-0.05, 0) is 55.3 Å². The molecule has 0 aliphatic heterocycles. The first-order chi connectivity index (χ1) is 10.7. The van der Waals surface area contributed by atoms with E-state index in [9.17, 15) is 20.1 Å². The molecule has 3 N–H and O–H groups in total. The van der Waals surface area contributed by atoms with E-state index < -0.39 is 11.9 Å². The number of ketones is 1. The highest BCUT2D eigenvalue weighted by Crippen LogP contribution is 2.64. The topological polar surface area (TPSA) is 77.8 Å². The zero-order chi connectivity index (χ0) is 16.6. The zero-order valence-corrected chi connectivity index (χ0v) is 14.1. The summed E-state index contributed by atoms with van der Waals surface area (Å²) < 4.78 is 0. The van der Waals surface area contributed by atoms with Gasteiger partial charge in [-0.3, -0.25) is 4.79 Å². The molecule has 128 valence electrons. The van der Waals surface area contributed by atoms with Crippen molar-refractivity contribution in [1.82, 2.24) is 0 Å².